The van der Waals surface area contributed by atoms with Crippen molar-refractivity contribution in [3.8, 4) is 11.3 Å². The van der Waals surface area contributed by atoms with Crippen LogP contribution in [-0.2, 0) is 5.41 Å². The van der Waals surface area contributed by atoms with Gasteiger partial charge in [0.05, 0.1) is 5.69 Å². The number of anilines is 1. The van der Waals surface area contributed by atoms with E-state index in [0.29, 0.717) is 0 Å². The highest BCUT2D eigenvalue weighted by atomic mass is 32.1. The third-order valence-corrected chi connectivity index (χ3v) is 3.26. The Morgan fingerprint density at radius 1 is 1.28 bits per heavy atom. The summed E-state index contributed by atoms with van der Waals surface area (Å²) in [6.07, 6.45) is 0. The van der Waals surface area contributed by atoms with E-state index in [1.54, 1.807) is 11.3 Å². The van der Waals surface area contributed by atoms with Crippen LogP contribution in [-0.4, -0.2) is 16.5 Å². The first kappa shape index (κ1) is 13.0. The highest BCUT2D eigenvalue weighted by Crippen LogP contribution is 2.26. The van der Waals surface area contributed by atoms with Crippen LogP contribution in [0, 0.1) is 0 Å². The Morgan fingerprint density at radius 3 is 2.61 bits per heavy atom. The third-order valence-electron chi connectivity index (χ3n) is 2.57. The summed E-state index contributed by atoms with van der Waals surface area (Å²) >= 11 is 1.69. The number of hydrogen-bond acceptors (Lipinski definition) is 4. The summed E-state index contributed by atoms with van der Waals surface area (Å²) < 4.78 is 0. The summed E-state index contributed by atoms with van der Waals surface area (Å²) in [5.41, 5.74) is 2.11. The summed E-state index contributed by atoms with van der Waals surface area (Å²) in [5.74, 6) is 1.78. The number of hydrogen-bond donors (Lipinski definition) is 1. The van der Waals surface area contributed by atoms with Gasteiger partial charge in [-0.1, -0.05) is 20.8 Å². The van der Waals surface area contributed by atoms with Gasteiger partial charge in [0.25, 0.3) is 0 Å². The maximum absolute atomic E-state index is 4.68. The third kappa shape index (κ3) is 2.88. The highest BCUT2D eigenvalue weighted by molar-refractivity contribution is 7.08. The van der Waals surface area contributed by atoms with Crippen molar-refractivity contribution in [2.45, 2.75) is 33.1 Å². The van der Waals surface area contributed by atoms with Gasteiger partial charge in [0.15, 0.2) is 0 Å². The molecule has 0 aromatic carbocycles. The molecule has 96 valence electrons. The van der Waals surface area contributed by atoms with E-state index < -0.39 is 0 Å². The quantitative estimate of drug-likeness (QED) is 0.909. The largest absolute Gasteiger partial charge is 0.370 e. The average Bonchev–Trinajstić information content (AvgIpc) is 2.81. The topological polar surface area (TPSA) is 37.8 Å². The fourth-order valence-electron chi connectivity index (χ4n) is 1.61. The van der Waals surface area contributed by atoms with Gasteiger partial charge < -0.3 is 5.32 Å². The Bertz CT molecular complexity index is 512. The molecule has 3 nitrogen and oxygen atoms in total. The van der Waals surface area contributed by atoms with Gasteiger partial charge in [-0.25, -0.2) is 9.97 Å². The number of aromatic nitrogens is 2. The molecule has 0 fully saturated rings. The first-order chi connectivity index (χ1) is 8.50. The molecule has 2 heterocycles. The maximum atomic E-state index is 4.68. The fourth-order valence-corrected chi connectivity index (χ4v) is 2.26. The first-order valence-electron chi connectivity index (χ1n) is 6.16. The lowest BCUT2D eigenvalue weighted by Gasteiger charge is -2.18. The summed E-state index contributed by atoms with van der Waals surface area (Å²) in [6, 6.07) is 4.11. The molecular weight excluding hydrogens is 242 g/mol. The van der Waals surface area contributed by atoms with Crippen molar-refractivity contribution in [1.29, 1.82) is 0 Å². The Labute approximate surface area is 112 Å². The molecular formula is C14H19N3S. The van der Waals surface area contributed by atoms with Crippen molar-refractivity contribution in [2.75, 3.05) is 11.9 Å². The van der Waals surface area contributed by atoms with E-state index in [1.807, 2.05) is 6.07 Å². The Hall–Kier alpha value is -1.42. The minimum atomic E-state index is -0.0454. The molecule has 2 rings (SSSR count). The summed E-state index contributed by atoms with van der Waals surface area (Å²) in [7, 11) is 0. The van der Waals surface area contributed by atoms with E-state index in [9.17, 15) is 0 Å². The molecule has 0 bridgehead atoms. The molecule has 0 saturated carbocycles. The summed E-state index contributed by atoms with van der Waals surface area (Å²) in [4.78, 5) is 9.27. The van der Waals surface area contributed by atoms with Crippen LogP contribution in [0.5, 0.6) is 0 Å². The monoisotopic (exact) mass is 261 g/mol. The minimum Gasteiger partial charge on any atom is -0.370 e. The van der Waals surface area contributed by atoms with Crippen LogP contribution < -0.4 is 5.32 Å². The molecule has 0 spiro atoms. The van der Waals surface area contributed by atoms with Crippen LogP contribution in [0.25, 0.3) is 11.3 Å². The van der Waals surface area contributed by atoms with Crippen molar-refractivity contribution >= 4 is 17.2 Å². The Morgan fingerprint density at radius 2 is 2.06 bits per heavy atom. The SMILES string of the molecule is CCNc1cc(-c2ccsc2)nc(C(C)(C)C)n1. The molecule has 0 unspecified atom stereocenters. The second kappa shape index (κ2) is 5.06. The second-order valence-electron chi connectivity index (χ2n) is 5.25. The van der Waals surface area contributed by atoms with Crippen LogP contribution in [0.4, 0.5) is 5.82 Å². The normalized spacial score (nSPS) is 11.6. The Kier molecular flexibility index (Phi) is 3.66. The zero-order chi connectivity index (χ0) is 13.2. The van der Waals surface area contributed by atoms with E-state index in [-0.39, 0.29) is 5.41 Å². The van der Waals surface area contributed by atoms with Crippen molar-refractivity contribution in [2.24, 2.45) is 0 Å². The van der Waals surface area contributed by atoms with E-state index >= 15 is 0 Å². The zero-order valence-electron chi connectivity index (χ0n) is 11.3. The molecule has 0 atom stereocenters. The molecule has 2 aromatic heterocycles. The molecule has 0 amide bonds. The maximum Gasteiger partial charge on any atom is 0.136 e. The number of nitrogens with one attached hydrogen (secondary N) is 1. The number of rotatable bonds is 3. The minimum absolute atomic E-state index is 0.0454. The molecule has 0 aliphatic heterocycles. The van der Waals surface area contributed by atoms with Crippen LogP contribution in [0.1, 0.15) is 33.5 Å². The van der Waals surface area contributed by atoms with Gasteiger partial charge in [0.2, 0.25) is 0 Å². The fraction of sp³-hybridized carbons (Fsp3) is 0.429. The van der Waals surface area contributed by atoms with E-state index in [0.717, 1.165) is 29.4 Å². The van der Waals surface area contributed by atoms with Gasteiger partial charge in [-0.15, -0.1) is 0 Å². The van der Waals surface area contributed by atoms with Gasteiger partial charge in [-0.05, 0) is 18.4 Å². The number of nitrogens with zero attached hydrogens (tertiary/aromatic N) is 2. The van der Waals surface area contributed by atoms with Crippen LogP contribution in [0.3, 0.4) is 0 Å². The predicted molar refractivity (Wildman–Crippen MR) is 78.2 cm³/mol. The van der Waals surface area contributed by atoms with E-state index in [1.165, 1.54) is 0 Å². The molecule has 0 radical (unpaired) electrons. The smallest absolute Gasteiger partial charge is 0.136 e. The molecule has 1 N–H and O–H groups in total. The lowest BCUT2D eigenvalue weighted by molar-refractivity contribution is 0.546. The van der Waals surface area contributed by atoms with Crippen LogP contribution in [0.2, 0.25) is 0 Å². The molecule has 18 heavy (non-hydrogen) atoms. The molecule has 0 aliphatic rings. The summed E-state index contributed by atoms with van der Waals surface area (Å²) in [5, 5.41) is 7.46. The zero-order valence-corrected chi connectivity index (χ0v) is 12.1. The lowest BCUT2D eigenvalue weighted by Crippen LogP contribution is -2.17. The van der Waals surface area contributed by atoms with Gasteiger partial charge >= 0.3 is 0 Å². The van der Waals surface area contributed by atoms with Crippen molar-refractivity contribution < 1.29 is 0 Å². The van der Waals surface area contributed by atoms with Crippen molar-refractivity contribution in [3.05, 3.63) is 28.7 Å². The van der Waals surface area contributed by atoms with E-state index in [4.69, 9.17) is 0 Å². The van der Waals surface area contributed by atoms with Gasteiger partial charge in [0.1, 0.15) is 11.6 Å². The van der Waals surface area contributed by atoms with Gasteiger partial charge in [-0.2, -0.15) is 11.3 Å². The molecule has 0 aliphatic carbocycles. The van der Waals surface area contributed by atoms with Crippen LogP contribution >= 0.6 is 11.3 Å². The van der Waals surface area contributed by atoms with Crippen molar-refractivity contribution in [1.82, 2.24) is 9.97 Å². The standard InChI is InChI=1S/C14H19N3S/c1-5-15-12-8-11(10-6-7-18-9-10)16-13(17-12)14(2,3)4/h6-9H,5H2,1-4H3,(H,15,16,17). The van der Waals surface area contributed by atoms with Gasteiger partial charge in [-0.3, -0.25) is 0 Å². The average molecular weight is 261 g/mol. The highest BCUT2D eigenvalue weighted by Gasteiger charge is 2.19. The first-order valence-corrected chi connectivity index (χ1v) is 7.11. The summed E-state index contributed by atoms with van der Waals surface area (Å²) in [6.45, 7) is 9.34. The lowest BCUT2D eigenvalue weighted by atomic mass is 9.95. The van der Waals surface area contributed by atoms with E-state index in [2.05, 4.69) is 59.8 Å². The number of thiophene rings is 1. The molecule has 0 saturated heterocycles. The second-order valence-corrected chi connectivity index (χ2v) is 6.03. The molecule has 4 heteroatoms. The van der Waals surface area contributed by atoms with Crippen molar-refractivity contribution in [3.63, 3.8) is 0 Å². The van der Waals surface area contributed by atoms with Gasteiger partial charge in [0, 0.05) is 29.0 Å². The Balaban J connectivity index is 2.50. The molecule has 2 aromatic rings. The predicted octanol–water partition coefficient (Wildman–Crippen LogP) is 3.93. The van der Waals surface area contributed by atoms with Crippen LogP contribution in [0.15, 0.2) is 22.9 Å².